The monoisotopic (exact) mass is 236 g/mol. The first-order valence-electron chi connectivity index (χ1n) is 5.18. The molecule has 0 N–H and O–H groups in total. The predicted molar refractivity (Wildman–Crippen MR) is 65.9 cm³/mol. The summed E-state index contributed by atoms with van der Waals surface area (Å²) in [6, 6.07) is 14.3. The van der Waals surface area contributed by atoms with Crippen molar-refractivity contribution in [1.82, 2.24) is 0 Å². The molecule has 0 bridgehead atoms. The molecule has 0 aliphatic carbocycles. The van der Waals surface area contributed by atoms with Crippen molar-refractivity contribution in [1.29, 1.82) is 5.26 Å². The van der Waals surface area contributed by atoms with Gasteiger partial charge in [-0.2, -0.15) is 4.99 Å². The molecule has 4 heteroatoms. The Bertz CT molecular complexity index is 618. The smallest absolute Gasteiger partial charge is 0.292 e. The molecule has 2 aromatic carbocycles. The van der Waals surface area contributed by atoms with E-state index in [-0.39, 0.29) is 0 Å². The van der Waals surface area contributed by atoms with E-state index >= 15 is 0 Å². The summed E-state index contributed by atoms with van der Waals surface area (Å²) in [5.74, 6) is 0.503. The third-order valence-corrected chi connectivity index (χ3v) is 2.39. The Morgan fingerprint density at radius 2 is 1.50 bits per heavy atom. The summed E-state index contributed by atoms with van der Waals surface area (Å²) >= 11 is 0. The van der Waals surface area contributed by atoms with Crippen molar-refractivity contribution in [2.24, 2.45) is 4.99 Å². The van der Waals surface area contributed by atoms with Crippen LogP contribution < -0.4 is 4.74 Å². The fraction of sp³-hybridized carbons (Fsp3) is 0. The highest BCUT2D eigenvalue weighted by Crippen LogP contribution is 2.24. The number of isocyanates is 1. The average Bonchev–Trinajstić information content (AvgIpc) is 2.41. The quantitative estimate of drug-likeness (QED) is 0.467. The second kappa shape index (κ2) is 5.44. The zero-order valence-electron chi connectivity index (χ0n) is 9.33. The van der Waals surface area contributed by atoms with E-state index in [4.69, 9.17) is 10.00 Å². The largest absolute Gasteiger partial charge is 0.388 e. The topological polar surface area (TPSA) is 62.4 Å². The summed E-state index contributed by atoms with van der Waals surface area (Å²) in [6.45, 7) is 0. The lowest BCUT2D eigenvalue weighted by atomic mass is 10.1. The molecule has 0 fully saturated rings. The Labute approximate surface area is 104 Å². The molecule has 0 saturated heterocycles. The minimum Gasteiger partial charge on any atom is -0.388 e. The molecular formula is C14H8N2O2. The molecule has 0 atom stereocenters. The molecule has 18 heavy (non-hydrogen) atoms. The van der Waals surface area contributed by atoms with Gasteiger partial charge < -0.3 is 4.74 Å². The van der Waals surface area contributed by atoms with Gasteiger partial charge >= 0.3 is 0 Å². The molecule has 4 nitrogen and oxygen atoms in total. The minimum atomic E-state index is 0.503. The number of carbonyl (C=O) groups excluding carboxylic acids is 1. The summed E-state index contributed by atoms with van der Waals surface area (Å²) in [4.78, 5) is 13.6. The fourth-order valence-corrected chi connectivity index (χ4v) is 1.55. The predicted octanol–water partition coefficient (Wildman–Crippen LogP) is 3.18. The van der Waals surface area contributed by atoms with Gasteiger partial charge in [0.15, 0.2) is 0 Å². The van der Waals surface area contributed by atoms with Crippen LogP contribution in [0.1, 0.15) is 0 Å². The van der Waals surface area contributed by atoms with E-state index in [1.807, 2.05) is 24.3 Å². The number of aliphatic imine (C=N–C) groups is 1. The first-order valence-corrected chi connectivity index (χ1v) is 5.18. The lowest BCUT2D eigenvalue weighted by Crippen LogP contribution is -1.82. The molecule has 0 aromatic heterocycles. The summed E-state index contributed by atoms with van der Waals surface area (Å²) in [6.07, 6.45) is 3.11. The van der Waals surface area contributed by atoms with E-state index in [9.17, 15) is 4.79 Å². The van der Waals surface area contributed by atoms with Crippen LogP contribution in [-0.4, -0.2) is 6.08 Å². The van der Waals surface area contributed by atoms with Crippen LogP contribution >= 0.6 is 0 Å². The lowest BCUT2D eigenvalue weighted by molar-refractivity contribution is 0.507. The van der Waals surface area contributed by atoms with Crippen molar-refractivity contribution in [3.05, 3.63) is 48.5 Å². The Kier molecular flexibility index (Phi) is 3.50. The number of benzene rings is 2. The zero-order chi connectivity index (χ0) is 12.8. The normalized spacial score (nSPS) is 9.06. The first-order chi connectivity index (χ1) is 8.83. The zero-order valence-corrected chi connectivity index (χ0v) is 9.33. The number of ether oxygens (including phenoxy) is 1. The second-order valence-corrected chi connectivity index (χ2v) is 3.47. The van der Waals surface area contributed by atoms with E-state index in [0.717, 1.165) is 11.1 Å². The van der Waals surface area contributed by atoms with Crippen molar-refractivity contribution >= 4 is 11.8 Å². The molecule has 86 valence electrons. The summed E-state index contributed by atoms with van der Waals surface area (Å²) < 4.78 is 4.70. The van der Waals surface area contributed by atoms with Crippen LogP contribution in [0, 0.1) is 11.5 Å². The molecule has 0 radical (unpaired) electrons. The number of rotatable bonds is 3. The van der Waals surface area contributed by atoms with Crippen LogP contribution in [0.25, 0.3) is 11.1 Å². The molecule has 2 rings (SSSR count). The van der Waals surface area contributed by atoms with Crippen LogP contribution in [-0.2, 0) is 4.79 Å². The van der Waals surface area contributed by atoms with Gasteiger partial charge in [0, 0.05) is 0 Å². The molecule has 2 aromatic rings. The maximum absolute atomic E-state index is 10.1. The Morgan fingerprint density at radius 3 is 2.00 bits per heavy atom. The number of hydrogen-bond donors (Lipinski definition) is 0. The summed E-state index contributed by atoms with van der Waals surface area (Å²) in [5.41, 5.74) is 2.54. The van der Waals surface area contributed by atoms with Gasteiger partial charge in [0.2, 0.25) is 6.08 Å². The SMILES string of the molecule is N#COc1ccc(-c2ccc(N=C=O)cc2)cc1. The number of nitriles is 1. The molecule has 0 unspecified atom stereocenters. The highest BCUT2D eigenvalue weighted by Gasteiger charge is 1.99. The van der Waals surface area contributed by atoms with Crippen LogP contribution in [0.3, 0.4) is 0 Å². The van der Waals surface area contributed by atoms with Crippen molar-refractivity contribution in [3.63, 3.8) is 0 Å². The van der Waals surface area contributed by atoms with Gasteiger partial charge in [-0.05, 0) is 35.4 Å². The lowest BCUT2D eigenvalue weighted by Gasteiger charge is -2.02. The molecule has 0 aliphatic rings. The fourth-order valence-electron chi connectivity index (χ4n) is 1.55. The van der Waals surface area contributed by atoms with E-state index in [1.165, 1.54) is 6.08 Å². The van der Waals surface area contributed by atoms with Gasteiger partial charge in [-0.15, -0.1) is 5.26 Å². The van der Waals surface area contributed by atoms with Crippen molar-refractivity contribution in [2.75, 3.05) is 0 Å². The molecule has 0 amide bonds. The van der Waals surface area contributed by atoms with E-state index < -0.39 is 0 Å². The van der Waals surface area contributed by atoms with E-state index in [1.54, 1.807) is 30.5 Å². The van der Waals surface area contributed by atoms with Crippen LogP contribution in [0.4, 0.5) is 5.69 Å². The number of nitrogens with zero attached hydrogens (tertiary/aromatic N) is 2. The van der Waals surface area contributed by atoms with Crippen LogP contribution in [0.5, 0.6) is 5.75 Å². The summed E-state index contributed by atoms with van der Waals surface area (Å²) in [7, 11) is 0. The highest BCUT2D eigenvalue weighted by atomic mass is 16.5. The number of hydrogen-bond acceptors (Lipinski definition) is 4. The maximum atomic E-state index is 10.1. The van der Waals surface area contributed by atoms with Gasteiger partial charge in [-0.25, -0.2) is 4.79 Å². The van der Waals surface area contributed by atoms with E-state index in [0.29, 0.717) is 11.4 Å². The minimum absolute atomic E-state index is 0.503. The standard InChI is InChI=1S/C14H8N2O2/c15-9-18-14-7-3-12(4-8-14)11-1-5-13(6-2-11)16-10-17/h1-8H. The Balaban J connectivity index is 2.26. The Hall–Kier alpha value is -2.89. The van der Waals surface area contributed by atoms with Gasteiger partial charge in [0.1, 0.15) is 5.75 Å². The first kappa shape index (κ1) is 11.6. The van der Waals surface area contributed by atoms with Crippen molar-refractivity contribution in [2.45, 2.75) is 0 Å². The molecular weight excluding hydrogens is 228 g/mol. The van der Waals surface area contributed by atoms with Crippen LogP contribution in [0.15, 0.2) is 53.5 Å². The Morgan fingerprint density at radius 1 is 0.944 bits per heavy atom. The van der Waals surface area contributed by atoms with Gasteiger partial charge in [-0.1, -0.05) is 24.3 Å². The van der Waals surface area contributed by atoms with Gasteiger partial charge in [0.05, 0.1) is 5.69 Å². The second-order valence-electron chi connectivity index (χ2n) is 3.47. The molecule has 0 heterocycles. The van der Waals surface area contributed by atoms with Crippen molar-refractivity contribution < 1.29 is 9.53 Å². The third kappa shape index (κ3) is 2.62. The molecule has 0 spiro atoms. The molecule has 0 saturated carbocycles. The third-order valence-electron chi connectivity index (χ3n) is 2.39. The van der Waals surface area contributed by atoms with Crippen molar-refractivity contribution in [3.8, 4) is 23.1 Å². The van der Waals surface area contributed by atoms with E-state index in [2.05, 4.69) is 4.99 Å². The van der Waals surface area contributed by atoms with Gasteiger partial charge in [-0.3, -0.25) is 0 Å². The molecule has 0 aliphatic heterocycles. The summed E-state index contributed by atoms with van der Waals surface area (Å²) in [5, 5.41) is 8.37. The van der Waals surface area contributed by atoms with Crippen LogP contribution in [0.2, 0.25) is 0 Å². The average molecular weight is 236 g/mol. The highest BCUT2D eigenvalue weighted by molar-refractivity contribution is 5.66. The maximum Gasteiger partial charge on any atom is 0.292 e. The van der Waals surface area contributed by atoms with Gasteiger partial charge in [0.25, 0.3) is 6.26 Å².